The maximum atomic E-state index is 12.4. The molecule has 0 fully saturated rings. The lowest BCUT2D eigenvalue weighted by atomic mass is 9.95. The monoisotopic (exact) mass is 361 g/mol. The number of carbonyl (C=O) groups excluding carboxylic acids is 3. The molecule has 1 heterocycles. The summed E-state index contributed by atoms with van der Waals surface area (Å²) in [5.74, 6) is 3.63. The van der Waals surface area contributed by atoms with Gasteiger partial charge in [0.1, 0.15) is 0 Å². The van der Waals surface area contributed by atoms with Gasteiger partial charge in [-0.05, 0) is 30.6 Å². The Bertz CT molecular complexity index is 674. The Morgan fingerprint density at radius 2 is 1.76 bits per heavy atom. The second kappa shape index (κ2) is 8.90. The van der Waals surface area contributed by atoms with Crippen LogP contribution >= 0.6 is 12.2 Å². The second-order valence-corrected chi connectivity index (χ2v) is 5.83. The molecule has 0 aromatic heterocycles. The fourth-order valence-electron chi connectivity index (χ4n) is 2.42. The van der Waals surface area contributed by atoms with E-state index in [1.807, 2.05) is 30.3 Å². The Balaban J connectivity index is 2.00. The van der Waals surface area contributed by atoms with E-state index in [1.165, 1.54) is 12.2 Å². The normalized spacial score (nSPS) is 14.4. The van der Waals surface area contributed by atoms with Crippen LogP contribution < -0.4 is 22.1 Å². The van der Waals surface area contributed by atoms with E-state index in [-0.39, 0.29) is 29.4 Å². The van der Waals surface area contributed by atoms with Gasteiger partial charge in [-0.1, -0.05) is 30.3 Å². The highest BCUT2D eigenvalue weighted by molar-refractivity contribution is 7.80. The van der Waals surface area contributed by atoms with Gasteiger partial charge >= 0.3 is 0 Å². The smallest absolute Gasteiger partial charge is 0.253 e. The maximum Gasteiger partial charge on any atom is 0.253 e. The molecule has 3 amide bonds. The second-order valence-electron chi connectivity index (χ2n) is 5.42. The van der Waals surface area contributed by atoms with E-state index in [0.717, 1.165) is 10.5 Å². The van der Waals surface area contributed by atoms with Gasteiger partial charge in [-0.3, -0.25) is 35.6 Å². The van der Waals surface area contributed by atoms with Gasteiger partial charge in [0, 0.05) is 24.6 Å². The summed E-state index contributed by atoms with van der Waals surface area (Å²) in [5.41, 5.74) is 8.12. The summed E-state index contributed by atoms with van der Waals surface area (Å²) in [6.07, 6.45) is 3.23. The van der Waals surface area contributed by atoms with Crippen LogP contribution in [0.5, 0.6) is 0 Å². The van der Waals surface area contributed by atoms with Crippen molar-refractivity contribution in [2.24, 2.45) is 11.8 Å². The summed E-state index contributed by atoms with van der Waals surface area (Å²) in [4.78, 5) is 36.8. The van der Waals surface area contributed by atoms with Crippen molar-refractivity contribution in [2.45, 2.75) is 12.8 Å². The van der Waals surface area contributed by atoms with Gasteiger partial charge in [0.2, 0.25) is 5.91 Å². The lowest BCUT2D eigenvalue weighted by Gasteiger charge is -2.20. The van der Waals surface area contributed by atoms with Crippen LogP contribution in [0.15, 0.2) is 42.5 Å². The molecule has 1 aliphatic heterocycles. The molecule has 2 rings (SSSR count). The number of hydrogen-bond acceptors (Lipinski definition) is 5. The number of amides is 3. The lowest BCUT2D eigenvalue weighted by molar-refractivity contribution is -0.138. The zero-order valence-corrected chi connectivity index (χ0v) is 14.2. The fraction of sp³-hybridized carbons (Fsp3) is 0.250. The summed E-state index contributed by atoms with van der Waals surface area (Å²) in [6, 6.07) is 9.47. The molecular weight excluding hydrogens is 342 g/mol. The Morgan fingerprint density at radius 1 is 1.12 bits per heavy atom. The number of benzene rings is 1. The average molecular weight is 361 g/mol. The first-order chi connectivity index (χ1) is 12.0. The van der Waals surface area contributed by atoms with Gasteiger partial charge in [-0.25, -0.2) is 5.84 Å². The molecule has 9 heteroatoms. The molecule has 1 atom stereocenters. The summed E-state index contributed by atoms with van der Waals surface area (Å²) in [6.45, 7) is 0.162. The predicted molar refractivity (Wildman–Crippen MR) is 95.3 cm³/mol. The Morgan fingerprint density at radius 3 is 2.36 bits per heavy atom. The van der Waals surface area contributed by atoms with Crippen molar-refractivity contribution in [2.75, 3.05) is 6.54 Å². The Kier molecular flexibility index (Phi) is 6.61. The number of hydrogen-bond donors (Lipinski definition) is 4. The van der Waals surface area contributed by atoms with E-state index in [4.69, 9.17) is 18.1 Å². The molecule has 0 radical (unpaired) electrons. The zero-order valence-electron chi connectivity index (χ0n) is 13.4. The van der Waals surface area contributed by atoms with Crippen LogP contribution in [-0.2, 0) is 20.8 Å². The highest BCUT2D eigenvalue weighted by atomic mass is 32.1. The number of nitrogens with zero attached hydrogens (tertiary/aromatic N) is 1. The third kappa shape index (κ3) is 5.37. The van der Waals surface area contributed by atoms with Crippen molar-refractivity contribution in [1.82, 2.24) is 21.2 Å². The fourth-order valence-corrected chi connectivity index (χ4v) is 2.47. The molecule has 1 aromatic rings. The van der Waals surface area contributed by atoms with Crippen LogP contribution in [-0.4, -0.2) is 34.3 Å². The molecule has 0 saturated carbocycles. The van der Waals surface area contributed by atoms with Crippen molar-refractivity contribution in [1.29, 1.82) is 0 Å². The van der Waals surface area contributed by atoms with Crippen molar-refractivity contribution in [3.63, 3.8) is 0 Å². The topological polar surface area (TPSA) is 117 Å². The van der Waals surface area contributed by atoms with Crippen LogP contribution in [0.2, 0.25) is 0 Å². The summed E-state index contributed by atoms with van der Waals surface area (Å²) < 4.78 is 0. The number of nitrogens with two attached hydrogens (primary N) is 1. The van der Waals surface area contributed by atoms with Crippen molar-refractivity contribution >= 4 is 35.1 Å². The quantitative estimate of drug-likeness (QED) is 0.234. The highest BCUT2D eigenvalue weighted by Crippen LogP contribution is 2.15. The van der Waals surface area contributed by atoms with Crippen LogP contribution in [0.3, 0.4) is 0 Å². The molecule has 8 nitrogen and oxygen atoms in total. The molecule has 132 valence electrons. The molecule has 0 saturated heterocycles. The van der Waals surface area contributed by atoms with Crippen LogP contribution in [0.25, 0.3) is 0 Å². The van der Waals surface area contributed by atoms with E-state index < -0.39 is 5.92 Å². The molecule has 0 aliphatic carbocycles. The van der Waals surface area contributed by atoms with Crippen molar-refractivity contribution in [3.8, 4) is 0 Å². The number of rotatable bonds is 6. The molecule has 1 aromatic carbocycles. The number of thiocarbonyl (C=S) groups is 1. The maximum absolute atomic E-state index is 12.4. The molecule has 0 bridgehead atoms. The summed E-state index contributed by atoms with van der Waals surface area (Å²) in [5, 5.41) is 0.0703. The van der Waals surface area contributed by atoms with Gasteiger partial charge in [0.15, 0.2) is 5.11 Å². The first kappa shape index (κ1) is 18.6. The molecule has 0 spiro atoms. The van der Waals surface area contributed by atoms with Crippen LogP contribution in [0.1, 0.15) is 12.0 Å². The average Bonchev–Trinajstić information content (AvgIpc) is 2.95. The van der Waals surface area contributed by atoms with E-state index in [1.54, 1.807) is 0 Å². The Hall–Kier alpha value is -2.78. The minimum absolute atomic E-state index is 0.0703. The minimum atomic E-state index is -0.461. The summed E-state index contributed by atoms with van der Waals surface area (Å²) in [7, 11) is 0. The van der Waals surface area contributed by atoms with Gasteiger partial charge in [-0.15, -0.1) is 0 Å². The largest absolute Gasteiger partial charge is 0.300 e. The van der Waals surface area contributed by atoms with Crippen molar-refractivity contribution in [3.05, 3.63) is 48.0 Å². The number of nitrogens with one attached hydrogen (secondary N) is 3. The first-order valence-corrected chi connectivity index (χ1v) is 8.06. The third-order valence-electron chi connectivity index (χ3n) is 3.73. The van der Waals surface area contributed by atoms with E-state index in [0.29, 0.717) is 12.8 Å². The highest BCUT2D eigenvalue weighted by Gasteiger charge is 2.26. The predicted octanol–water partition coefficient (Wildman–Crippen LogP) is -0.471. The molecule has 1 aliphatic rings. The first-order valence-electron chi connectivity index (χ1n) is 7.65. The minimum Gasteiger partial charge on any atom is -0.300 e. The van der Waals surface area contributed by atoms with E-state index >= 15 is 0 Å². The lowest BCUT2D eigenvalue weighted by Crippen LogP contribution is -2.51. The number of carbonyl (C=O) groups is 3. The van der Waals surface area contributed by atoms with Crippen molar-refractivity contribution < 1.29 is 14.4 Å². The van der Waals surface area contributed by atoms with Crippen LogP contribution in [0.4, 0.5) is 0 Å². The molecule has 25 heavy (non-hydrogen) atoms. The summed E-state index contributed by atoms with van der Waals surface area (Å²) >= 11 is 4.81. The van der Waals surface area contributed by atoms with Gasteiger partial charge in [-0.2, -0.15) is 0 Å². The SMILES string of the molecule is NNC(=S)NNC(=O)C(CCN1C(=O)C=CC1=O)Cc1ccccc1. The van der Waals surface area contributed by atoms with E-state index in [2.05, 4.69) is 16.3 Å². The van der Waals surface area contributed by atoms with Gasteiger partial charge in [0.05, 0.1) is 0 Å². The molecular formula is C16H19N5O3S. The van der Waals surface area contributed by atoms with Gasteiger partial charge in [0.25, 0.3) is 11.8 Å². The Labute approximate surface area is 150 Å². The van der Waals surface area contributed by atoms with E-state index in [9.17, 15) is 14.4 Å². The number of imide groups is 1. The standard InChI is InChI=1S/C16H19N5O3S/c17-18-16(25)20-19-15(24)12(10-11-4-2-1-3-5-11)8-9-21-13(22)6-7-14(21)23/h1-7,12H,8-10,17H2,(H,19,24)(H2,18,20,25). The molecule has 5 N–H and O–H groups in total. The zero-order chi connectivity index (χ0) is 18.2. The van der Waals surface area contributed by atoms with Gasteiger partial charge < -0.3 is 0 Å². The van der Waals surface area contributed by atoms with Crippen LogP contribution in [0, 0.1) is 5.92 Å². The molecule has 1 unspecified atom stereocenters. The number of hydrazine groups is 2. The third-order valence-corrected chi connectivity index (χ3v) is 3.95.